The Morgan fingerprint density at radius 2 is 2.06 bits per heavy atom. The topological polar surface area (TPSA) is 52.6 Å². The van der Waals surface area contributed by atoms with Gasteiger partial charge in [-0.15, -0.1) is 0 Å². The molecule has 0 amide bonds. The van der Waals surface area contributed by atoms with Gasteiger partial charge in [0.05, 0.1) is 11.8 Å². The molecule has 1 aromatic rings. The molecule has 4 nitrogen and oxygen atoms in total. The zero-order valence-corrected chi connectivity index (χ0v) is 9.87. The molecular weight excluding hydrogens is 232 g/mol. The highest BCUT2D eigenvalue weighted by Crippen LogP contribution is 2.41. The smallest absolute Gasteiger partial charge is 0.310 e. The second-order valence-corrected chi connectivity index (χ2v) is 4.84. The summed E-state index contributed by atoms with van der Waals surface area (Å²) in [7, 11) is 0. The molecule has 0 spiro atoms. The van der Waals surface area contributed by atoms with Gasteiger partial charge in [0.2, 0.25) is 0 Å². The van der Waals surface area contributed by atoms with Crippen LogP contribution in [0.25, 0.3) is 0 Å². The molecule has 0 radical (unpaired) electrons. The number of hydrogen-bond acceptors (Lipinski definition) is 4. The maximum absolute atomic E-state index is 11.9. The standard InChI is InChI=1S/C14H14O4/c15-13(17-8-9-4-2-1-3-5-9)11-6-10-7-12(11)14(16)18-10/h1-5,10-12H,6-8H2/t10-,11-,12-/m1/s1. The third-order valence-corrected chi connectivity index (χ3v) is 3.63. The fourth-order valence-corrected chi connectivity index (χ4v) is 2.70. The first kappa shape index (κ1) is 11.3. The molecule has 3 rings (SSSR count). The summed E-state index contributed by atoms with van der Waals surface area (Å²) in [4.78, 5) is 23.3. The highest BCUT2D eigenvalue weighted by molar-refractivity contribution is 5.85. The number of rotatable bonds is 3. The number of carbonyl (C=O) groups is 2. The van der Waals surface area contributed by atoms with Crippen molar-refractivity contribution in [2.45, 2.75) is 25.6 Å². The van der Waals surface area contributed by atoms with Crippen molar-refractivity contribution < 1.29 is 19.1 Å². The Morgan fingerprint density at radius 1 is 1.28 bits per heavy atom. The van der Waals surface area contributed by atoms with Crippen molar-refractivity contribution in [1.29, 1.82) is 0 Å². The van der Waals surface area contributed by atoms with Crippen molar-refractivity contribution >= 4 is 11.9 Å². The van der Waals surface area contributed by atoms with Crippen LogP contribution in [0.2, 0.25) is 0 Å². The van der Waals surface area contributed by atoms with Crippen LogP contribution in [-0.4, -0.2) is 18.0 Å². The molecule has 3 atom stereocenters. The Bertz CT molecular complexity index is 468. The molecule has 1 aliphatic heterocycles. The molecular formula is C14H14O4. The summed E-state index contributed by atoms with van der Waals surface area (Å²) in [5.41, 5.74) is 0.955. The number of ether oxygens (including phenoxy) is 2. The second kappa shape index (κ2) is 4.44. The Kier molecular flexibility index (Phi) is 2.78. The predicted molar refractivity (Wildman–Crippen MR) is 62.3 cm³/mol. The molecule has 4 heteroatoms. The molecule has 94 valence electrons. The first-order valence-corrected chi connectivity index (χ1v) is 6.15. The van der Waals surface area contributed by atoms with Crippen molar-refractivity contribution in [3.8, 4) is 0 Å². The Morgan fingerprint density at radius 3 is 2.72 bits per heavy atom. The normalized spacial score (nSPS) is 29.1. The monoisotopic (exact) mass is 246 g/mol. The fraction of sp³-hybridized carbons (Fsp3) is 0.429. The number of fused-ring (bicyclic) bond motifs is 2. The van der Waals surface area contributed by atoms with Crippen LogP contribution in [0.4, 0.5) is 0 Å². The lowest BCUT2D eigenvalue weighted by Crippen LogP contribution is -2.30. The average Bonchev–Trinajstić information content (AvgIpc) is 2.96. The van der Waals surface area contributed by atoms with Gasteiger partial charge in [-0.2, -0.15) is 0 Å². The van der Waals surface area contributed by atoms with Gasteiger partial charge in [-0.05, 0) is 18.4 Å². The number of carbonyl (C=O) groups excluding carboxylic acids is 2. The lowest BCUT2D eigenvalue weighted by Gasteiger charge is -2.19. The van der Waals surface area contributed by atoms with E-state index in [0.29, 0.717) is 12.8 Å². The van der Waals surface area contributed by atoms with Gasteiger partial charge in [-0.3, -0.25) is 9.59 Å². The van der Waals surface area contributed by atoms with Gasteiger partial charge >= 0.3 is 11.9 Å². The first-order valence-electron chi connectivity index (χ1n) is 6.15. The Labute approximate surface area is 105 Å². The van der Waals surface area contributed by atoms with Crippen LogP contribution in [0, 0.1) is 11.8 Å². The molecule has 0 aromatic heterocycles. The van der Waals surface area contributed by atoms with Crippen molar-refractivity contribution in [3.63, 3.8) is 0 Å². The summed E-state index contributed by atoms with van der Waals surface area (Å²) in [5, 5.41) is 0. The van der Waals surface area contributed by atoms with E-state index in [-0.39, 0.29) is 36.5 Å². The van der Waals surface area contributed by atoms with Gasteiger partial charge in [0.25, 0.3) is 0 Å². The van der Waals surface area contributed by atoms with Crippen LogP contribution >= 0.6 is 0 Å². The Hall–Kier alpha value is -1.84. The molecule has 1 aromatic carbocycles. The van der Waals surface area contributed by atoms with Gasteiger partial charge in [-0.25, -0.2) is 0 Å². The molecule has 0 N–H and O–H groups in total. The van der Waals surface area contributed by atoms with Gasteiger partial charge in [-0.1, -0.05) is 30.3 Å². The van der Waals surface area contributed by atoms with E-state index in [0.717, 1.165) is 5.56 Å². The average molecular weight is 246 g/mol. The molecule has 0 unspecified atom stereocenters. The van der Waals surface area contributed by atoms with E-state index in [1.165, 1.54) is 0 Å². The zero-order valence-electron chi connectivity index (χ0n) is 9.87. The summed E-state index contributed by atoms with van der Waals surface area (Å²) in [6.07, 6.45) is 1.21. The summed E-state index contributed by atoms with van der Waals surface area (Å²) < 4.78 is 10.3. The van der Waals surface area contributed by atoms with E-state index in [1.54, 1.807) is 0 Å². The van der Waals surface area contributed by atoms with Gasteiger partial charge in [0, 0.05) is 0 Å². The van der Waals surface area contributed by atoms with Crippen molar-refractivity contribution in [1.82, 2.24) is 0 Å². The fourth-order valence-electron chi connectivity index (χ4n) is 2.70. The minimum Gasteiger partial charge on any atom is -0.462 e. The van der Waals surface area contributed by atoms with Gasteiger partial charge < -0.3 is 9.47 Å². The molecule has 2 aliphatic rings. The highest BCUT2D eigenvalue weighted by Gasteiger charge is 2.51. The van der Waals surface area contributed by atoms with E-state index in [4.69, 9.17) is 9.47 Å². The van der Waals surface area contributed by atoms with E-state index in [1.807, 2.05) is 30.3 Å². The lowest BCUT2D eigenvalue weighted by atomic mass is 9.96. The number of esters is 2. The molecule has 18 heavy (non-hydrogen) atoms. The molecule has 1 aliphatic carbocycles. The maximum atomic E-state index is 11.9. The number of hydrogen-bond donors (Lipinski definition) is 0. The van der Waals surface area contributed by atoms with Crippen LogP contribution in [0.15, 0.2) is 30.3 Å². The summed E-state index contributed by atoms with van der Waals surface area (Å²) in [5.74, 6) is -1.10. The summed E-state index contributed by atoms with van der Waals surface area (Å²) in [6.45, 7) is 0.266. The summed E-state index contributed by atoms with van der Waals surface area (Å²) >= 11 is 0. The van der Waals surface area contributed by atoms with Crippen molar-refractivity contribution in [2.24, 2.45) is 11.8 Å². The minimum atomic E-state index is -0.306. The van der Waals surface area contributed by atoms with E-state index in [2.05, 4.69) is 0 Å². The van der Waals surface area contributed by atoms with Crippen LogP contribution in [0.3, 0.4) is 0 Å². The molecule has 1 saturated carbocycles. The SMILES string of the molecule is O=C(OCc1ccccc1)[C@@H]1C[C@@H]2C[C@H]1C(=O)O2. The van der Waals surface area contributed by atoms with Crippen molar-refractivity contribution in [3.05, 3.63) is 35.9 Å². The van der Waals surface area contributed by atoms with Crippen LogP contribution in [-0.2, 0) is 25.7 Å². The highest BCUT2D eigenvalue weighted by atomic mass is 16.6. The van der Waals surface area contributed by atoms with E-state index >= 15 is 0 Å². The molecule has 1 heterocycles. The molecule has 1 saturated heterocycles. The van der Waals surface area contributed by atoms with Gasteiger partial charge in [0.1, 0.15) is 12.7 Å². The molecule has 2 bridgehead atoms. The third-order valence-electron chi connectivity index (χ3n) is 3.63. The van der Waals surface area contributed by atoms with Crippen LogP contribution in [0.1, 0.15) is 18.4 Å². The maximum Gasteiger partial charge on any atom is 0.310 e. The zero-order chi connectivity index (χ0) is 12.5. The molecule has 2 fully saturated rings. The van der Waals surface area contributed by atoms with Crippen molar-refractivity contribution in [2.75, 3.05) is 0 Å². The second-order valence-electron chi connectivity index (χ2n) is 4.84. The lowest BCUT2D eigenvalue weighted by molar-refractivity contribution is -0.163. The quantitative estimate of drug-likeness (QED) is 0.761. The van der Waals surface area contributed by atoms with E-state index < -0.39 is 0 Å². The third kappa shape index (κ3) is 1.98. The predicted octanol–water partition coefficient (Wildman–Crippen LogP) is 1.68. The summed E-state index contributed by atoms with van der Waals surface area (Å²) in [6, 6.07) is 9.53. The first-order chi connectivity index (χ1) is 8.74. The largest absolute Gasteiger partial charge is 0.462 e. The van der Waals surface area contributed by atoms with Crippen LogP contribution in [0.5, 0.6) is 0 Å². The minimum absolute atomic E-state index is 0.0724. The number of benzene rings is 1. The van der Waals surface area contributed by atoms with Crippen LogP contribution < -0.4 is 0 Å². The Balaban J connectivity index is 1.58. The van der Waals surface area contributed by atoms with E-state index in [9.17, 15) is 9.59 Å². The van der Waals surface area contributed by atoms with Gasteiger partial charge in [0.15, 0.2) is 0 Å².